The van der Waals surface area contributed by atoms with Crippen molar-refractivity contribution in [1.82, 2.24) is 0 Å². The van der Waals surface area contributed by atoms with Gasteiger partial charge in [0.25, 0.3) is 0 Å². The molecule has 4 nitrogen and oxygen atoms in total. The largest absolute Gasteiger partial charge is 0.497 e. The lowest BCUT2D eigenvalue weighted by atomic mass is 9.64. The lowest BCUT2D eigenvalue weighted by Gasteiger charge is -2.39. The number of hydrogen-bond acceptors (Lipinski definition) is 3. The fraction of sp³-hybridized carbons (Fsp3) is 0.556. The molecule has 0 aromatic heterocycles. The van der Waals surface area contributed by atoms with E-state index in [1.165, 1.54) is 0 Å². The van der Waals surface area contributed by atoms with Crippen LogP contribution in [-0.2, 0) is 9.59 Å². The van der Waals surface area contributed by atoms with Crippen LogP contribution in [0, 0.1) is 16.2 Å². The van der Waals surface area contributed by atoms with E-state index in [-0.39, 0.29) is 17.1 Å². The van der Waals surface area contributed by atoms with Gasteiger partial charge in [-0.2, -0.15) is 0 Å². The standard InChI is InChI=1S/C18H22BrNO3/c1-16(2)17(3)9-10-18(16,13(19)14(17)21)15(22)20-11-5-7-12(23-4)8-6-11/h5-8,13H,9-10H2,1-4H3,(H,20,22). The van der Waals surface area contributed by atoms with Crippen molar-refractivity contribution in [3.8, 4) is 5.75 Å². The van der Waals surface area contributed by atoms with Crippen molar-refractivity contribution in [2.45, 2.75) is 38.4 Å². The Hall–Kier alpha value is -1.36. The van der Waals surface area contributed by atoms with E-state index in [2.05, 4.69) is 21.2 Å². The average Bonchev–Trinajstić information content (AvgIpc) is 2.80. The predicted molar refractivity (Wildman–Crippen MR) is 92.9 cm³/mol. The number of methoxy groups -OCH3 is 1. The zero-order valence-electron chi connectivity index (χ0n) is 13.9. The second-order valence-electron chi connectivity index (χ2n) is 7.34. The number of carbonyl (C=O) groups is 2. The molecule has 0 spiro atoms. The molecule has 3 rings (SSSR count). The highest BCUT2D eigenvalue weighted by Gasteiger charge is 2.76. The molecule has 2 fully saturated rings. The van der Waals surface area contributed by atoms with Gasteiger partial charge in [-0.3, -0.25) is 9.59 Å². The number of nitrogens with one attached hydrogen (secondary N) is 1. The third-order valence-electron chi connectivity index (χ3n) is 6.47. The second-order valence-corrected chi connectivity index (χ2v) is 8.25. The fourth-order valence-electron chi connectivity index (χ4n) is 4.37. The number of anilines is 1. The first-order valence-electron chi connectivity index (χ1n) is 7.84. The van der Waals surface area contributed by atoms with Gasteiger partial charge < -0.3 is 10.1 Å². The van der Waals surface area contributed by atoms with Crippen molar-refractivity contribution in [3.05, 3.63) is 24.3 Å². The highest BCUT2D eigenvalue weighted by Crippen LogP contribution is 2.72. The minimum absolute atomic E-state index is 0.0795. The van der Waals surface area contributed by atoms with Gasteiger partial charge in [-0.05, 0) is 42.5 Å². The lowest BCUT2D eigenvalue weighted by Crippen LogP contribution is -2.47. The van der Waals surface area contributed by atoms with Crippen molar-refractivity contribution in [1.29, 1.82) is 0 Å². The lowest BCUT2D eigenvalue weighted by molar-refractivity contribution is -0.130. The molecule has 3 unspecified atom stereocenters. The Morgan fingerprint density at radius 2 is 1.83 bits per heavy atom. The summed E-state index contributed by atoms with van der Waals surface area (Å²) in [5.74, 6) is 0.812. The molecule has 2 bridgehead atoms. The Morgan fingerprint density at radius 1 is 1.22 bits per heavy atom. The van der Waals surface area contributed by atoms with Gasteiger partial charge in [0, 0.05) is 11.1 Å². The zero-order valence-corrected chi connectivity index (χ0v) is 15.5. The number of benzene rings is 1. The van der Waals surface area contributed by atoms with E-state index >= 15 is 0 Å². The van der Waals surface area contributed by atoms with Crippen LogP contribution in [0.1, 0.15) is 33.6 Å². The van der Waals surface area contributed by atoms with Gasteiger partial charge in [-0.1, -0.05) is 36.7 Å². The van der Waals surface area contributed by atoms with Crippen LogP contribution in [0.25, 0.3) is 0 Å². The van der Waals surface area contributed by atoms with Crippen molar-refractivity contribution < 1.29 is 14.3 Å². The van der Waals surface area contributed by atoms with Crippen molar-refractivity contribution in [3.63, 3.8) is 0 Å². The number of halogens is 1. The molecule has 2 aliphatic carbocycles. The number of alkyl halides is 1. The first-order valence-corrected chi connectivity index (χ1v) is 8.76. The first kappa shape index (κ1) is 16.5. The molecule has 0 heterocycles. The van der Waals surface area contributed by atoms with Gasteiger partial charge in [0.2, 0.25) is 5.91 Å². The van der Waals surface area contributed by atoms with Crippen molar-refractivity contribution in [2.75, 3.05) is 12.4 Å². The van der Waals surface area contributed by atoms with Gasteiger partial charge in [0.15, 0.2) is 5.78 Å². The summed E-state index contributed by atoms with van der Waals surface area (Å²) in [4.78, 5) is 25.4. The van der Waals surface area contributed by atoms with Crippen LogP contribution in [0.4, 0.5) is 5.69 Å². The predicted octanol–water partition coefficient (Wildman–Crippen LogP) is 3.79. The molecule has 1 aromatic rings. The molecule has 1 N–H and O–H groups in total. The molecule has 0 aliphatic heterocycles. The highest BCUT2D eigenvalue weighted by atomic mass is 79.9. The summed E-state index contributed by atoms with van der Waals surface area (Å²) in [5, 5.41) is 3.00. The minimum atomic E-state index is -0.710. The Bertz CT molecular complexity index is 669. The smallest absolute Gasteiger partial charge is 0.232 e. The Kier molecular flexibility index (Phi) is 3.63. The van der Waals surface area contributed by atoms with E-state index in [1.807, 2.05) is 45.0 Å². The normalized spacial score (nSPS) is 34.5. The summed E-state index contributed by atoms with van der Waals surface area (Å²) in [6.45, 7) is 6.10. The number of ether oxygens (including phenoxy) is 1. The Balaban J connectivity index is 1.93. The molecule has 1 aromatic carbocycles. The molecule has 0 radical (unpaired) electrons. The monoisotopic (exact) mass is 379 g/mol. The maximum Gasteiger partial charge on any atom is 0.232 e. The van der Waals surface area contributed by atoms with Gasteiger partial charge in [-0.15, -0.1) is 0 Å². The van der Waals surface area contributed by atoms with Crippen LogP contribution >= 0.6 is 15.9 Å². The number of fused-ring (bicyclic) bond motifs is 2. The SMILES string of the molecule is COc1ccc(NC(=O)C23CCC(C)(C(=O)C2Br)C3(C)C)cc1. The molecule has 3 atom stereocenters. The molecule has 0 saturated heterocycles. The van der Waals surface area contributed by atoms with Crippen LogP contribution in [0.5, 0.6) is 5.75 Å². The average molecular weight is 380 g/mol. The molecule has 2 saturated carbocycles. The molecule has 2 aliphatic rings. The first-order chi connectivity index (χ1) is 10.7. The zero-order chi connectivity index (χ0) is 17.0. The van der Waals surface area contributed by atoms with Crippen LogP contribution < -0.4 is 10.1 Å². The summed E-state index contributed by atoms with van der Waals surface area (Å²) < 4.78 is 5.13. The van der Waals surface area contributed by atoms with E-state index in [0.717, 1.165) is 18.6 Å². The van der Waals surface area contributed by atoms with E-state index in [1.54, 1.807) is 7.11 Å². The number of hydrogen-bond donors (Lipinski definition) is 1. The molecule has 23 heavy (non-hydrogen) atoms. The highest BCUT2D eigenvalue weighted by molar-refractivity contribution is 9.10. The van der Waals surface area contributed by atoms with Gasteiger partial charge >= 0.3 is 0 Å². The van der Waals surface area contributed by atoms with Gasteiger partial charge in [0.05, 0.1) is 17.4 Å². The van der Waals surface area contributed by atoms with Crippen molar-refractivity contribution >= 4 is 33.3 Å². The molecule has 124 valence electrons. The van der Waals surface area contributed by atoms with E-state index in [4.69, 9.17) is 4.74 Å². The summed E-state index contributed by atoms with van der Waals surface area (Å²) in [5.41, 5.74) is -0.826. The van der Waals surface area contributed by atoms with Crippen molar-refractivity contribution in [2.24, 2.45) is 16.2 Å². The Labute approximate surface area is 145 Å². The molecular formula is C18H22BrNO3. The number of ketones is 1. The van der Waals surface area contributed by atoms with Crippen LogP contribution in [0.2, 0.25) is 0 Å². The third kappa shape index (κ3) is 1.89. The number of amides is 1. The molecule has 5 heteroatoms. The topological polar surface area (TPSA) is 55.4 Å². The van der Waals surface area contributed by atoms with Crippen LogP contribution in [0.3, 0.4) is 0 Å². The van der Waals surface area contributed by atoms with E-state index in [0.29, 0.717) is 5.69 Å². The summed E-state index contributed by atoms with van der Waals surface area (Å²) in [7, 11) is 1.61. The van der Waals surface area contributed by atoms with E-state index < -0.39 is 15.7 Å². The summed E-state index contributed by atoms with van der Waals surface area (Å²) in [6, 6.07) is 7.24. The quantitative estimate of drug-likeness (QED) is 0.812. The maximum absolute atomic E-state index is 13.1. The van der Waals surface area contributed by atoms with E-state index in [9.17, 15) is 9.59 Å². The van der Waals surface area contributed by atoms with Gasteiger partial charge in [0.1, 0.15) is 5.75 Å². The minimum Gasteiger partial charge on any atom is -0.497 e. The molecular weight excluding hydrogens is 358 g/mol. The van der Waals surface area contributed by atoms with Crippen LogP contribution in [-0.4, -0.2) is 23.6 Å². The molecule has 1 amide bonds. The maximum atomic E-state index is 13.1. The Morgan fingerprint density at radius 3 is 2.30 bits per heavy atom. The number of rotatable bonds is 3. The third-order valence-corrected chi connectivity index (χ3v) is 7.67. The number of Topliss-reactive ketones (excluding diaryl/α,β-unsaturated/α-hetero) is 1. The fourth-order valence-corrected chi connectivity index (χ4v) is 5.89. The number of carbonyl (C=O) groups excluding carboxylic acids is 2. The summed E-state index contributed by atoms with van der Waals surface area (Å²) in [6.07, 6.45) is 1.48. The summed E-state index contributed by atoms with van der Waals surface area (Å²) >= 11 is 3.54. The van der Waals surface area contributed by atoms with Gasteiger partial charge in [-0.25, -0.2) is 0 Å². The van der Waals surface area contributed by atoms with Crippen LogP contribution in [0.15, 0.2) is 24.3 Å². The second kappa shape index (κ2) is 5.07.